The smallest absolute Gasteiger partial charge is 0.260 e. The van der Waals surface area contributed by atoms with Crippen LogP contribution in [-0.2, 0) is 9.59 Å². The lowest BCUT2D eigenvalue weighted by Crippen LogP contribution is -2.26. The monoisotopic (exact) mass is 292 g/mol. The Balaban J connectivity index is 3.01. The molecule has 0 bridgehead atoms. The van der Waals surface area contributed by atoms with Crippen molar-refractivity contribution < 1.29 is 9.59 Å². The molecule has 0 saturated carbocycles. The number of amides is 1. The predicted octanol–water partition coefficient (Wildman–Crippen LogP) is 2.50. The largest absolute Gasteiger partial charge is 0.378 e. The Morgan fingerprint density at radius 1 is 1.20 bits per heavy atom. The fourth-order valence-electron chi connectivity index (χ4n) is 1.55. The standard InChI is InChI=1S/C15H20N2O2S/c1-5-17(4)15(19)14(20-11-18)10-12-6-8-13(9-7-12)16(2)3/h6-11H,5H2,1-4H3/b14-10+. The summed E-state index contributed by atoms with van der Waals surface area (Å²) in [6, 6.07) is 7.81. The van der Waals surface area contributed by atoms with E-state index in [2.05, 4.69) is 0 Å². The van der Waals surface area contributed by atoms with Gasteiger partial charge in [0.2, 0.25) is 0 Å². The van der Waals surface area contributed by atoms with Crippen LogP contribution in [0.3, 0.4) is 0 Å². The first-order valence-corrected chi connectivity index (χ1v) is 7.22. The molecular formula is C15H20N2O2S. The van der Waals surface area contributed by atoms with Crippen LogP contribution in [0.1, 0.15) is 12.5 Å². The fraction of sp³-hybridized carbons (Fsp3) is 0.333. The number of hydrogen-bond acceptors (Lipinski definition) is 4. The minimum absolute atomic E-state index is 0.138. The number of likely N-dealkylation sites (N-methyl/N-ethyl adjacent to an activating group) is 1. The molecule has 1 amide bonds. The molecule has 0 aromatic heterocycles. The van der Waals surface area contributed by atoms with Gasteiger partial charge in [-0.25, -0.2) is 0 Å². The summed E-state index contributed by atoms with van der Waals surface area (Å²) >= 11 is 0.912. The quantitative estimate of drug-likeness (QED) is 0.596. The zero-order valence-electron chi connectivity index (χ0n) is 12.3. The van der Waals surface area contributed by atoms with Crippen molar-refractivity contribution in [1.29, 1.82) is 0 Å². The average Bonchev–Trinajstić information content (AvgIpc) is 2.45. The summed E-state index contributed by atoms with van der Waals surface area (Å²) in [5, 5.41) is 0. The second-order valence-electron chi connectivity index (χ2n) is 4.53. The molecule has 0 aliphatic rings. The van der Waals surface area contributed by atoms with Crippen LogP contribution in [0.4, 0.5) is 5.69 Å². The van der Waals surface area contributed by atoms with Gasteiger partial charge in [0.05, 0.1) is 4.91 Å². The van der Waals surface area contributed by atoms with Gasteiger partial charge in [0.25, 0.3) is 5.91 Å². The van der Waals surface area contributed by atoms with E-state index in [0.717, 1.165) is 23.0 Å². The molecule has 5 heteroatoms. The maximum absolute atomic E-state index is 12.1. The number of carbonyl (C=O) groups is 2. The van der Waals surface area contributed by atoms with E-state index in [1.807, 2.05) is 50.2 Å². The van der Waals surface area contributed by atoms with Crippen LogP contribution < -0.4 is 4.90 Å². The minimum atomic E-state index is -0.138. The summed E-state index contributed by atoms with van der Waals surface area (Å²) in [5.41, 5.74) is 2.67. The first-order chi connectivity index (χ1) is 9.49. The highest BCUT2D eigenvalue weighted by molar-refractivity contribution is 8.16. The molecule has 1 aromatic rings. The Morgan fingerprint density at radius 2 is 1.80 bits per heavy atom. The van der Waals surface area contributed by atoms with Crippen molar-refractivity contribution in [3.63, 3.8) is 0 Å². The molecule has 4 nitrogen and oxygen atoms in total. The van der Waals surface area contributed by atoms with Crippen molar-refractivity contribution in [3.8, 4) is 0 Å². The third-order valence-corrected chi connectivity index (χ3v) is 3.56. The second-order valence-corrected chi connectivity index (χ2v) is 5.40. The molecule has 1 rings (SSSR count). The van der Waals surface area contributed by atoms with Gasteiger partial charge in [-0.05, 0) is 42.5 Å². The summed E-state index contributed by atoms with van der Waals surface area (Å²) in [5.74, 6) is -0.138. The fourth-order valence-corrected chi connectivity index (χ4v) is 2.11. The van der Waals surface area contributed by atoms with E-state index in [4.69, 9.17) is 0 Å². The Kier molecular flexibility index (Phi) is 6.31. The first kappa shape index (κ1) is 16.3. The van der Waals surface area contributed by atoms with Gasteiger partial charge in [-0.2, -0.15) is 0 Å². The number of rotatable bonds is 6. The molecular weight excluding hydrogens is 272 g/mol. The third kappa shape index (κ3) is 4.42. The minimum Gasteiger partial charge on any atom is -0.378 e. The van der Waals surface area contributed by atoms with E-state index in [1.54, 1.807) is 18.0 Å². The number of nitrogens with zero attached hydrogens (tertiary/aromatic N) is 2. The number of benzene rings is 1. The van der Waals surface area contributed by atoms with E-state index in [9.17, 15) is 9.59 Å². The normalized spacial score (nSPS) is 11.1. The molecule has 0 aliphatic carbocycles. The Hall–Kier alpha value is -1.75. The van der Waals surface area contributed by atoms with Crippen LogP contribution in [0.25, 0.3) is 6.08 Å². The lowest BCUT2D eigenvalue weighted by atomic mass is 10.2. The van der Waals surface area contributed by atoms with Crippen molar-refractivity contribution in [2.75, 3.05) is 32.6 Å². The maximum atomic E-state index is 12.1. The van der Waals surface area contributed by atoms with E-state index in [1.165, 1.54) is 0 Å². The van der Waals surface area contributed by atoms with Crippen molar-refractivity contribution in [1.82, 2.24) is 4.90 Å². The molecule has 0 fully saturated rings. The molecule has 1 aromatic carbocycles. The van der Waals surface area contributed by atoms with Crippen molar-refractivity contribution >= 4 is 35.1 Å². The number of anilines is 1. The number of thioether (sulfide) groups is 1. The molecule has 0 N–H and O–H groups in total. The van der Waals surface area contributed by atoms with Gasteiger partial charge in [-0.15, -0.1) is 0 Å². The van der Waals surface area contributed by atoms with Crippen LogP contribution >= 0.6 is 11.8 Å². The molecule has 0 spiro atoms. The van der Waals surface area contributed by atoms with E-state index in [-0.39, 0.29) is 5.91 Å². The summed E-state index contributed by atoms with van der Waals surface area (Å²) in [4.78, 5) is 26.8. The summed E-state index contributed by atoms with van der Waals surface area (Å²) in [6.07, 6.45) is 1.74. The van der Waals surface area contributed by atoms with Gasteiger partial charge in [-0.1, -0.05) is 12.1 Å². The third-order valence-electron chi connectivity index (χ3n) is 2.91. The van der Waals surface area contributed by atoms with Crippen LogP contribution in [-0.4, -0.2) is 44.1 Å². The molecule has 0 radical (unpaired) electrons. The SMILES string of the molecule is CCN(C)C(=O)/C(=C\c1ccc(N(C)C)cc1)SC=O. The van der Waals surface area contributed by atoms with Gasteiger partial charge in [0.15, 0.2) is 5.62 Å². The van der Waals surface area contributed by atoms with Crippen LogP contribution in [0.2, 0.25) is 0 Å². The maximum Gasteiger partial charge on any atom is 0.260 e. The Labute approximate surface area is 124 Å². The highest BCUT2D eigenvalue weighted by Crippen LogP contribution is 2.21. The first-order valence-electron chi connectivity index (χ1n) is 6.34. The zero-order chi connectivity index (χ0) is 15.1. The number of carbonyl (C=O) groups excluding carboxylic acids is 2. The molecule has 20 heavy (non-hydrogen) atoms. The van der Waals surface area contributed by atoms with E-state index in [0.29, 0.717) is 17.1 Å². The lowest BCUT2D eigenvalue weighted by Gasteiger charge is -2.15. The van der Waals surface area contributed by atoms with Gasteiger partial charge in [0, 0.05) is 33.4 Å². The summed E-state index contributed by atoms with van der Waals surface area (Å²) < 4.78 is 0. The van der Waals surface area contributed by atoms with Crippen LogP contribution in [0, 0.1) is 0 Å². The Morgan fingerprint density at radius 3 is 2.25 bits per heavy atom. The average molecular weight is 292 g/mol. The molecule has 0 aliphatic heterocycles. The van der Waals surface area contributed by atoms with E-state index >= 15 is 0 Å². The predicted molar refractivity (Wildman–Crippen MR) is 86.4 cm³/mol. The van der Waals surface area contributed by atoms with Gasteiger partial charge < -0.3 is 9.80 Å². The van der Waals surface area contributed by atoms with E-state index < -0.39 is 0 Å². The summed E-state index contributed by atoms with van der Waals surface area (Å²) in [7, 11) is 5.66. The lowest BCUT2D eigenvalue weighted by molar-refractivity contribution is -0.124. The molecule has 0 unspecified atom stereocenters. The molecule has 0 heterocycles. The van der Waals surface area contributed by atoms with Gasteiger partial charge in [-0.3, -0.25) is 9.59 Å². The highest BCUT2D eigenvalue weighted by Gasteiger charge is 2.13. The van der Waals surface area contributed by atoms with Gasteiger partial charge >= 0.3 is 0 Å². The molecule has 0 atom stereocenters. The van der Waals surface area contributed by atoms with Gasteiger partial charge in [0.1, 0.15) is 0 Å². The van der Waals surface area contributed by atoms with Crippen molar-refractivity contribution in [2.45, 2.75) is 6.92 Å². The Bertz CT molecular complexity index is 495. The topological polar surface area (TPSA) is 40.6 Å². The zero-order valence-corrected chi connectivity index (χ0v) is 13.1. The molecule has 108 valence electrons. The van der Waals surface area contributed by atoms with Crippen LogP contribution in [0.5, 0.6) is 0 Å². The number of hydrogen-bond donors (Lipinski definition) is 0. The second kappa shape index (κ2) is 7.75. The highest BCUT2D eigenvalue weighted by atomic mass is 32.2. The van der Waals surface area contributed by atoms with Crippen LogP contribution in [0.15, 0.2) is 29.2 Å². The van der Waals surface area contributed by atoms with Crippen molar-refractivity contribution in [2.24, 2.45) is 0 Å². The van der Waals surface area contributed by atoms with Crippen molar-refractivity contribution in [3.05, 3.63) is 34.7 Å². The summed E-state index contributed by atoms with van der Waals surface area (Å²) in [6.45, 7) is 2.50. The molecule has 0 saturated heterocycles.